The van der Waals surface area contributed by atoms with Crippen LogP contribution < -0.4 is 0 Å². The Labute approximate surface area is 152 Å². The summed E-state index contributed by atoms with van der Waals surface area (Å²) in [4.78, 5) is 32.2. The van der Waals surface area contributed by atoms with Gasteiger partial charge < -0.3 is 9.72 Å². The van der Waals surface area contributed by atoms with Gasteiger partial charge in [-0.25, -0.2) is 9.78 Å². The van der Waals surface area contributed by atoms with Crippen molar-refractivity contribution in [1.82, 2.24) is 9.97 Å². The molecule has 0 unspecified atom stereocenters. The summed E-state index contributed by atoms with van der Waals surface area (Å²) in [5.74, 6) is -0.713. The highest BCUT2D eigenvalue weighted by Crippen LogP contribution is 2.20. The molecule has 0 aliphatic rings. The minimum atomic E-state index is -0.491. The van der Waals surface area contributed by atoms with Gasteiger partial charge >= 0.3 is 5.97 Å². The van der Waals surface area contributed by atoms with E-state index in [9.17, 15) is 9.59 Å². The van der Waals surface area contributed by atoms with Crippen LogP contribution >= 0.6 is 0 Å². The Kier molecular flexibility index (Phi) is 5.79. The largest absolute Gasteiger partial charge is 0.461 e. The number of nitrogens with zero attached hydrogens (tertiary/aromatic N) is 1. The second-order valence-electron chi connectivity index (χ2n) is 6.18. The van der Waals surface area contributed by atoms with Crippen molar-refractivity contribution in [3.63, 3.8) is 0 Å². The molecular weight excluding hydrogens is 328 g/mol. The number of ether oxygens (including phenoxy) is 1. The lowest BCUT2D eigenvalue weighted by atomic mass is 10.1. The van der Waals surface area contributed by atoms with Crippen LogP contribution in [0.25, 0.3) is 10.9 Å². The number of esters is 1. The van der Waals surface area contributed by atoms with Gasteiger partial charge in [0.2, 0.25) is 5.78 Å². The number of pyridine rings is 1. The fourth-order valence-corrected chi connectivity index (χ4v) is 2.84. The summed E-state index contributed by atoms with van der Waals surface area (Å²) in [5.41, 5.74) is 1.82. The van der Waals surface area contributed by atoms with Gasteiger partial charge in [-0.3, -0.25) is 4.79 Å². The van der Waals surface area contributed by atoms with Crippen molar-refractivity contribution >= 4 is 22.7 Å². The topological polar surface area (TPSA) is 72.1 Å². The zero-order chi connectivity index (χ0) is 18.4. The Morgan fingerprint density at radius 2 is 1.81 bits per heavy atom. The fourth-order valence-electron chi connectivity index (χ4n) is 2.84. The number of para-hydroxylation sites is 1. The number of aromatic nitrogens is 2. The van der Waals surface area contributed by atoms with E-state index in [2.05, 4.69) is 16.9 Å². The summed E-state index contributed by atoms with van der Waals surface area (Å²) >= 11 is 0. The first-order chi connectivity index (χ1) is 12.7. The highest BCUT2D eigenvalue weighted by molar-refractivity contribution is 6.15. The molecule has 0 spiro atoms. The maximum Gasteiger partial charge on any atom is 0.356 e. The summed E-state index contributed by atoms with van der Waals surface area (Å²) in [6.07, 6.45) is 5.81. The predicted octanol–water partition coefficient (Wildman–Crippen LogP) is 4.53. The summed E-state index contributed by atoms with van der Waals surface area (Å²) in [6.45, 7) is 2.51. The van der Waals surface area contributed by atoms with Crippen molar-refractivity contribution in [2.45, 2.75) is 32.6 Å². The molecule has 2 heterocycles. The average Bonchev–Trinajstić information content (AvgIpc) is 3.11. The first-order valence-electron chi connectivity index (χ1n) is 8.95. The SMILES string of the molecule is CCCCCCOC(=O)c1cccc(C(=O)c2c[nH]c3ccccc23)n1. The Balaban J connectivity index is 1.72. The number of hydrogen-bond acceptors (Lipinski definition) is 4. The quantitative estimate of drug-likeness (QED) is 0.368. The van der Waals surface area contributed by atoms with Crippen LogP contribution in [0.1, 0.15) is 59.1 Å². The molecule has 0 aliphatic carbocycles. The van der Waals surface area contributed by atoms with Crippen molar-refractivity contribution in [3.8, 4) is 0 Å². The molecule has 0 radical (unpaired) electrons. The molecule has 0 fully saturated rings. The number of carbonyl (C=O) groups excluding carboxylic acids is 2. The normalized spacial score (nSPS) is 10.8. The lowest BCUT2D eigenvalue weighted by Gasteiger charge is -2.05. The second kappa shape index (κ2) is 8.43. The molecule has 0 bridgehead atoms. The van der Waals surface area contributed by atoms with Gasteiger partial charge in [-0.05, 0) is 24.6 Å². The first-order valence-corrected chi connectivity index (χ1v) is 8.95. The second-order valence-corrected chi connectivity index (χ2v) is 6.18. The van der Waals surface area contributed by atoms with Gasteiger partial charge in [0.25, 0.3) is 0 Å². The lowest BCUT2D eigenvalue weighted by Crippen LogP contribution is -2.12. The predicted molar refractivity (Wildman–Crippen MR) is 100 cm³/mol. The number of hydrogen-bond donors (Lipinski definition) is 1. The van der Waals surface area contributed by atoms with Gasteiger partial charge in [-0.15, -0.1) is 0 Å². The Morgan fingerprint density at radius 3 is 2.65 bits per heavy atom. The van der Waals surface area contributed by atoms with Crippen LogP contribution in [0.15, 0.2) is 48.7 Å². The monoisotopic (exact) mass is 350 g/mol. The van der Waals surface area contributed by atoms with E-state index in [4.69, 9.17) is 4.74 Å². The summed E-state index contributed by atoms with van der Waals surface area (Å²) in [5, 5.41) is 0.836. The molecule has 3 rings (SSSR count). The van der Waals surface area contributed by atoms with Gasteiger partial charge in [0.15, 0.2) is 0 Å². The highest BCUT2D eigenvalue weighted by Gasteiger charge is 2.17. The van der Waals surface area contributed by atoms with E-state index >= 15 is 0 Å². The molecule has 134 valence electrons. The molecule has 26 heavy (non-hydrogen) atoms. The maximum absolute atomic E-state index is 12.8. The van der Waals surface area contributed by atoms with Gasteiger partial charge in [0.1, 0.15) is 11.4 Å². The third-order valence-corrected chi connectivity index (χ3v) is 4.26. The first kappa shape index (κ1) is 17.9. The number of nitrogens with one attached hydrogen (secondary N) is 1. The van der Waals surface area contributed by atoms with E-state index in [-0.39, 0.29) is 17.2 Å². The summed E-state index contributed by atoms with van der Waals surface area (Å²) < 4.78 is 5.25. The van der Waals surface area contributed by atoms with Crippen LogP contribution in [0.5, 0.6) is 0 Å². The van der Waals surface area contributed by atoms with Crippen LogP contribution in [-0.4, -0.2) is 28.3 Å². The standard InChI is InChI=1S/C21H22N2O3/c1-2-3-4-7-13-26-21(25)19-12-8-11-18(23-19)20(24)16-14-22-17-10-6-5-9-15(16)17/h5-6,8-12,14,22H,2-4,7,13H2,1H3. The number of ketones is 1. The van der Waals surface area contributed by atoms with Gasteiger partial charge in [0, 0.05) is 22.7 Å². The fraction of sp³-hybridized carbons (Fsp3) is 0.286. The molecule has 2 aromatic heterocycles. The number of fused-ring (bicyclic) bond motifs is 1. The van der Waals surface area contributed by atoms with Crippen molar-refractivity contribution in [3.05, 3.63) is 65.6 Å². The van der Waals surface area contributed by atoms with Gasteiger partial charge in [-0.1, -0.05) is 50.5 Å². The average molecular weight is 350 g/mol. The van der Waals surface area contributed by atoms with E-state index in [1.165, 1.54) is 0 Å². The Morgan fingerprint density at radius 1 is 1.00 bits per heavy atom. The Hall–Kier alpha value is -2.95. The maximum atomic E-state index is 12.8. The zero-order valence-corrected chi connectivity index (χ0v) is 14.8. The number of H-pyrrole nitrogens is 1. The molecular formula is C21H22N2O3. The van der Waals surface area contributed by atoms with Crippen molar-refractivity contribution in [2.75, 3.05) is 6.61 Å². The van der Waals surface area contributed by atoms with Crippen LogP contribution in [0, 0.1) is 0 Å². The molecule has 0 saturated heterocycles. The minimum Gasteiger partial charge on any atom is -0.461 e. The van der Waals surface area contributed by atoms with E-state index in [1.807, 2.05) is 24.3 Å². The van der Waals surface area contributed by atoms with Gasteiger partial charge in [0.05, 0.1) is 6.61 Å². The van der Waals surface area contributed by atoms with Gasteiger partial charge in [-0.2, -0.15) is 0 Å². The van der Waals surface area contributed by atoms with E-state index in [1.54, 1.807) is 24.4 Å². The number of carbonyl (C=O) groups is 2. The van der Waals surface area contributed by atoms with Crippen LogP contribution in [0.4, 0.5) is 0 Å². The van der Waals surface area contributed by atoms with E-state index in [0.717, 1.165) is 36.6 Å². The lowest BCUT2D eigenvalue weighted by molar-refractivity contribution is 0.0491. The molecule has 1 N–H and O–H groups in total. The molecule has 0 amide bonds. The smallest absolute Gasteiger partial charge is 0.356 e. The molecule has 3 aromatic rings. The van der Waals surface area contributed by atoms with E-state index in [0.29, 0.717) is 12.2 Å². The third kappa shape index (κ3) is 3.99. The number of rotatable bonds is 8. The zero-order valence-electron chi connectivity index (χ0n) is 14.8. The Bertz CT molecular complexity index is 914. The number of unbranched alkanes of at least 4 members (excludes halogenated alkanes) is 3. The van der Waals surface area contributed by atoms with Crippen LogP contribution in [0.3, 0.4) is 0 Å². The van der Waals surface area contributed by atoms with Crippen molar-refractivity contribution in [1.29, 1.82) is 0 Å². The molecule has 5 heteroatoms. The molecule has 0 saturated carbocycles. The summed E-state index contributed by atoms with van der Waals surface area (Å²) in [7, 11) is 0. The molecule has 1 aromatic carbocycles. The molecule has 0 aliphatic heterocycles. The molecule has 5 nitrogen and oxygen atoms in total. The highest BCUT2D eigenvalue weighted by atomic mass is 16.5. The van der Waals surface area contributed by atoms with Crippen LogP contribution in [-0.2, 0) is 4.74 Å². The number of aromatic amines is 1. The summed E-state index contributed by atoms with van der Waals surface area (Å²) in [6, 6.07) is 12.4. The molecule has 0 atom stereocenters. The number of benzene rings is 1. The van der Waals surface area contributed by atoms with Crippen LogP contribution in [0.2, 0.25) is 0 Å². The van der Waals surface area contributed by atoms with Crippen molar-refractivity contribution < 1.29 is 14.3 Å². The van der Waals surface area contributed by atoms with E-state index < -0.39 is 5.97 Å². The van der Waals surface area contributed by atoms with Crippen molar-refractivity contribution in [2.24, 2.45) is 0 Å². The minimum absolute atomic E-state index is 0.159. The third-order valence-electron chi connectivity index (χ3n) is 4.26.